The molecule has 2 aromatic rings. The number of hydrogen-bond acceptors (Lipinski definition) is 3. The molecular formula is C17H22N2O. The van der Waals surface area contributed by atoms with Gasteiger partial charge in [0.1, 0.15) is 5.75 Å². The fourth-order valence-electron chi connectivity index (χ4n) is 2.17. The zero-order chi connectivity index (χ0) is 14.8. The highest BCUT2D eigenvalue weighted by Gasteiger charge is 2.17. The number of anilines is 3. The average molecular weight is 270 g/mol. The van der Waals surface area contributed by atoms with Crippen LogP contribution >= 0.6 is 0 Å². The lowest BCUT2D eigenvalue weighted by molar-refractivity contribution is 0.415. The Morgan fingerprint density at radius 1 is 1.00 bits per heavy atom. The van der Waals surface area contributed by atoms with E-state index in [2.05, 4.69) is 44.3 Å². The van der Waals surface area contributed by atoms with Crippen LogP contribution in [-0.4, -0.2) is 7.11 Å². The van der Waals surface area contributed by atoms with Gasteiger partial charge in [0.25, 0.3) is 0 Å². The molecule has 2 rings (SSSR count). The summed E-state index contributed by atoms with van der Waals surface area (Å²) in [6, 6.07) is 14.0. The number of benzene rings is 2. The van der Waals surface area contributed by atoms with E-state index in [0.717, 1.165) is 17.1 Å². The number of hydrogen-bond donors (Lipinski definition) is 2. The molecule has 0 spiro atoms. The van der Waals surface area contributed by atoms with Gasteiger partial charge in [-0.05, 0) is 29.2 Å². The van der Waals surface area contributed by atoms with Gasteiger partial charge in [0.05, 0.1) is 18.5 Å². The van der Waals surface area contributed by atoms with E-state index in [-0.39, 0.29) is 5.41 Å². The Morgan fingerprint density at radius 2 is 1.70 bits per heavy atom. The second kappa shape index (κ2) is 5.45. The van der Waals surface area contributed by atoms with Crippen LogP contribution in [0.1, 0.15) is 26.3 Å². The molecule has 0 saturated heterocycles. The number of nitrogens with two attached hydrogens (primary N) is 1. The topological polar surface area (TPSA) is 47.3 Å². The van der Waals surface area contributed by atoms with E-state index in [1.54, 1.807) is 7.11 Å². The summed E-state index contributed by atoms with van der Waals surface area (Å²) in [4.78, 5) is 0. The Bertz CT molecular complexity index is 600. The molecule has 0 fully saturated rings. The van der Waals surface area contributed by atoms with Crippen LogP contribution in [0.4, 0.5) is 17.1 Å². The van der Waals surface area contributed by atoms with Crippen LogP contribution in [0, 0.1) is 0 Å². The van der Waals surface area contributed by atoms with E-state index in [0.29, 0.717) is 5.69 Å². The number of para-hydroxylation sites is 1. The Labute approximate surface area is 120 Å². The van der Waals surface area contributed by atoms with Gasteiger partial charge in [-0.1, -0.05) is 39.0 Å². The third-order valence-corrected chi connectivity index (χ3v) is 3.26. The zero-order valence-corrected chi connectivity index (χ0v) is 12.5. The van der Waals surface area contributed by atoms with Crippen molar-refractivity contribution in [2.75, 3.05) is 18.2 Å². The molecule has 0 amide bonds. The molecule has 0 aliphatic heterocycles. The standard InChI is InChI=1S/C17H22N2O/c1-17(2,3)13-7-5-6-8-15(13)19-16-10-9-12(20-4)11-14(16)18/h5-11,19H,18H2,1-4H3. The quantitative estimate of drug-likeness (QED) is 0.817. The first-order chi connectivity index (χ1) is 9.41. The number of methoxy groups -OCH3 is 1. The summed E-state index contributed by atoms with van der Waals surface area (Å²) in [5.41, 5.74) is 10.0. The van der Waals surface area contributed by atoms with E-state index in [9.17, 15) is 0 Å². The van der Waals surface area contributed by atoms with Crippen molar-refractivity contribution in [2.45, 2.75) is 26.2 Å². The number of rotatable bonds is 3. The Hall–Kier alpha value is -2.16. The van der Waals surface area contributed by atoms with Crippen molar-refractivity contribution < 1.29 is 4.74 Å². The number of nitrogens with one attached hydrogen (secondary N) is 1. The van der Waals surface area contributed by atoms with Crippen molar-refractivity contribution >= 4 is 17.1 Å². The van der Waals surface area contributed by atoms with Gasteiger partial charge in [-0.25, -0.2) is 0 Å². The molecule has 0 bridgehead atoms. The van der Waals surface area contributed by atoms with E-state index >= 15 is 0 Å². The maximum atomic E-state index is 6.06. The summed E-state index contributed by atoms with van der Waals surface area (Å²) in [5.74, 6) is 0.761. The minimum absolute atomic E-state index is 0.0742. The zero-order valence-electron chi connectivity index (χ0n) is 12.5. The fraction of sp³-hybridized carbons (Fsp3) is 0.294. The van der Waals surface area contributed by atoms with Crippen LogP contribution in [0.5, 0.6) is 5.75 Å². The summed E-state index contributed by atoms with van der Waals surface area (Å²) >= 11 is 0. The first kappa shape index (κ1) is 14.3. The summed E-state index contributed by atoms with van der Waals surface area (Å²) in [5, 5.41) is 3.42. The average Bonchev–Trinajstić information content (AvgIpc) is 2.40. The SMILES string of the molecule is COc1ccc(Nc2ccccc2C(C)(C)C)c(N)c1. The Balaban J connectivity index is 2.36. The van der Waals surface area contributed by atoms with Crippen LogP contribution in [0.2, 0.25) is 0 Å². The van der Waals surface area contributed by atoms with Crippen molar-refractivity contribution in [2.24, 2.45) is 0 Å². The normalized spacial score (nSPS) is 11.2. The lowest BCUT2D eigenvalue weighted by Crippen LogP contribution is -2.13. The van der Waals surface area contributed by atoms with Crippen molar-refractivity contribution in [1.82, 2.24) is 0 Å². The molecule has 0 aromatic heterocycles. The van der Waals surface area contributed by atoms with Gasteiger partial charge in [-0.15, -0.1) is 0 Å². The highest BCUT2D eigenvalue weighted by Crippen LogP contribution is 2.33. The predicted octanol–water partition coefficient (Wildman–Crippen LogP) is 4.32. The molecule has 106 valence electrons. The molecule has 0 atom stereocenters. The predicted molar refractivity (Wildman–Crippen MR) is 85.8 cm³/mol. The third kappa shape index (κ3) is 3.05. The largest absolute Gasteiger partial charge is 0.497 e. The smallest absolute Gasteiger partial charge is 0.121 e. The van der Waals surface area contributed by atoms with Crippen molar-refractivity contribution in [3.05, 3.63) is 48.0 Å². The van der Waals surface area contributed by atoms with Crippen LogP contribution < -0.4 is 15.8 Å². The van der Waals surface area contributed by atoms with Crippen LogP contribution in [0.25, 0.3) is 0 Å². The minimum atomic E-state index is 0.0742. The first-order valence-electron chi connectivity index (χ1n) is 6.72. The molecular weight excluding hydrogens is 248 g/mol. The van der Waals surface area contributed by atoms with Crippen molar-refractivity contribution in [1.29, 1.82) is 0 Å². The molecule has 0 heterocycles. The van der Waals surface area contributed by atoms with Gasteiger partial charge in [-0.3, -0.25) is 0 Å². The summed E-state index contributed by atoms with van der Waals surface area (Å²) in [7, 11) is 1.64. The van der Waals surface area contributed by atoms with Crippen LogP contribution in [0.15, 0.2) is 42.5 Å². The number of nitrogen functional groups attached to an aromatic ring is 1. The summed E-state index contributed by atoms with van der Waals surface area (Å²) < 4.78 is 5.17. The highest BCUT2D eigenvalue weighted by atomic mass is 16.5. The number of ether oxygens (including phenoxy) is 1. The second-order valence-electron chi connectivity index (χ2n) is 5.87. The van der Waals surface area contributed by atoms with Gasteiger partial charge in [0.2, 0.25) is 0 Å². The maximum absolute atomic E-state index is 6.06. The molecule has 0 aliphatic carbocycles. The van der Waals surface area contributed by atoms with E-state index < -0.39 is 0 Å². The molecule has 20 heavy (non-hydrogen) atoms. The van der Waals surface area contributed by atoms with Gasteiger partial charge in [-0.2, -0.15) is 0 Å². The molecule has 0 unspecified atom stereocenters. The molecule has 2 aromatic carbocycles. The van der Waals surface area contributed by atoms with Crippen molar-refractivity contribution in [3.63, 3.8) is 0 Å². The fourth-order valence-corrected chi connectivity index (χ4v) is 2.17. The third-order valence-electron chi connectivity index (χ3n) is 3.26. The maximum Gasteiger partial charge on any atom is 0.121 e. The lowest BCUT2D eigenvalue weighted by Gasteiger charge is -2.24. The van der Waals surface area contributed by atoms with Gasteiger partial charge in [0, 0.05) is 11.8 Å². The molecule has 3 heteroatoms. The molecule has 0 radical (unpaired) electrons. The van der Waals surface area contributed by atoms with Crippen molar-refractivity contribution in [3.8, 4) is 5.75 Å². The summed E-state index contributed by atoms with van der Waals surface area (Å²) in [6.07, 6.45) is 0. The van der Waals surface area contributed by atoms with Crippen LogP contribution in [-0.2, 0) is 5.41 Å². The molecule has 0 saturated carbocycles. The Kier molecular flexibility index (Phi) is 3.89. The minimum Gasteiger partial charge on any atom is -0.497 e. The van der Waals surface area contributed by atoms with Crippen LogP contribution in [0.3, 0.4) is 0 Å². The van der Waals surface area contributed by atoms with Gasteiger partial charge < -0.3 is 15.8 Å². The lowest BCUT2D eigenvalue weighted by atomic mass is 9.86. The summed E-state index contributed by atoms with van der Waals surface area (Å²) in [6.45, 7) is 6.60. The Morgan fingerprint density at radius 3 is 2.30 bits per heavy atom. The molecule has 3 N–H and O–H groups in total. The van der Waals surface area contributed by atoms with E-state index in [4.69, 9.17) is 10.5 Å². The monoisotopic (exact) mass is 270 g/mol. The molecule has 3 nitrogen and oxygen atoms in total. The van der Waals surface area contributed by atoms with Gasteiger partial charge >= 0.3 is 0 Å². The molecule has 0 aliphatic rings. The highest BCUT2D eigenvalue weighted by molar-refractivity contribution is 5.75. The van der Waals surface area contributed by atoms with Gasteiger partial charge in [0.15, 0.2) is 0 Å². The van der Waals surface area contributed by atoms with E-state index in [1.165, 1.54) is 5.56 Å². The first-order valence-corrected chi connectivity index (χ1v) is 6.72. The van der Waals surface area contributed by atoms with E-state index in [1.807, 2.05) is 24.3 Å². The second-order valence-corrected chi connectivity index (χ2v) is 5.87.